The molecule has 5 nitrogen and oxygen atoms in total. The van der Waals surface area contributed by atoms with Gasteiger partial charge in [0, 0.05) is 36.2 Å². The highest BCUT2D eigenvalue weighted by Gasteiger charge is 2.10. The minimum absolute atomic E-state index is 0.465. The predicted molar refractivity (Wildman–Crippen MR) is 87.3 cm³/mol. The molecule has 0 radical (unpaired) electrons. The van der Waals surface area contributed by atoms with Gasteiger partial charge in [0.2, 0.25) is 0 Å². The van der Waals surface area contributed by atoms with Gasteiger partial charge in [-0.3, -0.25) is 9.25 Å². The van der Waals surface area contributed by atoms with Crippen LogP contribution in [0.25, 0.3) is 5.69 Å². The summed E-state index contributed by atoms with van der Waals surface area (Å²) in [6.45, 7) is 2.56. The fraction of sp³-hybridized carbons (Fsp3) is 0.250. The number of thioether (sulfide) groups is 1. The zero-order valence-electron chi connectivity index (χ0n) is 12.3. The van der Waals surface area contributed by atoms with E-state index in [1.807, 2.05) is 29.1 Å². The van der Waals surface area contributed by atoms with E-state index < -0.39 is 6.10 Å². The van der Waals surface area contributed by atoms with Crippen LogP contribution in [0, 0.1) is 6.92 Å². The number of hydrogen-bond donors (Lipinski definition) is 1. The normalized spacial score (nSPS) is 12.5. The van der Waals surface area contributed by atoms with Gasteiger partial charge in [-0.2, -0.15) is 5.10 Å². The molecule has 3 aromatic rings. The Morgan fingerprint density at radius 3 is 2.91 bits per heavy atom. The third-order valence-corrected chi connectivity index (χ3v) is 4.36. The molecule has 2 aromatic heterocycles. The molecule has 0 saturated heterocycles. The zero-order valence-corrected chi connectivity index (χ0v) is 13.1. The highest BCUT2D eigenvalue weighted by Crippen LogP contribution is 2.21. The van der Waals surface area contributed by atoms with Crippen LogP contribution in [0.3, 0.4) is 0 Å². The summed E-state index contributed by atoms with van der Waals surface area (Å²) in [5.74, 6) is 0.572. The largest absolute Gasteiger partial charge is 0.390 e. The molecule has 3 rings (SSSR count). The number of aromatic nitrogens is 4. The molecule has 22 heavy (non-hydrogen) atoms. The summed E-state index contributed by atoms with van der Waals surface area (Å²) in [4.78, 5) is 4.38. The molecule has 0 amide bonds. The predicted octanol–water partition coefficient (Wildman–Crippen LogP) is 2.53. The zero-order chi connectivity index (χ0) is 15.4. The van der Waals surface area contributed by atoms with Crippen LogP contribution in [0.5, 0.6) is 0 Å². The lowest BCUT2D eigenvalue weighted by Crippen LogP contribution is -2.19. The van der Waals surface area contributed by atoms with Gasteiger partial charge in [-0.25, -0.2) is 4.98 Å². The molecule has 0 bridgehead atoms. The van der Waals surface area contributed by atoms with E-state index in [4.69, 9.17) is 0 Å². The first-order chi connectivity index (χ1) is 10.7. The number of rotatable bonds is 6. The lowest BCUT2D eigenvalue weighted by Gasteiger charge is -2.12. The Morgan fingerprint density at radius 2 is 2.14 bits per heavy atom. The van der Waals surface area contributed by atoms with E-state index in [1.165, 1.54) is 5.56 Å². The van der Waals surface area contributed by atoms with Crippen molar-refractivity contribution in [3.8, 4) is 5.69 Å². The second-order valence-corrected chi connectivity index (χ2v) is 6.10. The quantitative estimate of drug-likeness (QED) is 0.710. The van der Waals surface area contributed by atoms with E-state index in [9.17, 15) is 5.11 Å². The van der Waals surface area contributed by atoms with Crippen LogP contribution in [0.2, 0.25) is 0 Å². The van der Waals surface area contributed by atoms with Crippen molar-refractivity contribution in [2.75, 3.05) is 5.75 Å². The van der Waals surface area contributed by atoms with Crippen LogP contribution in [-0.2, 0) is 6.54 Å². The maximum Gasteiger partial charge on any atom is 0.172 e. The molecule has 114 valence electrons. The van der Waals surface area contributed by atoms with Crippen molar-refractivity contribution >= 4 is 11.8 Å². The third kappa shape index (κ3) is 3.58. The molecular formula is C16H18N4OS. The molecule has 0 aliphatic heterocycles. The number of nitrogens with zero attached hydrogens (tertiary/aromatic N) is 4. The molecule has 1 N–H and O–H groups in total. The van der Waals surface area contributed by atoms with Crippen molar-refractivity contribution in [1.82, 2.24) is 19.3 Å². The maximum atomic E-state index is 10.1. The van der Waals surface area contributed by atoms with Gasteiger partial charge in [-0.1, -0.05) is 23.9 Å². The summed E-state index contributed by atoms with van der Waals surface area (Å²) in [5.41, 5.74) is 2.29. The molecule has 0 spiro atoms. The Morgan fingerprint density at radius 1 is 1.23 bits per heavy atom. The standard InChI is InChI=1S/C16H18N4OS/c1-13-4-2-5-14(10-13)20-9-7-17-16(20)22-12-15(21)11-19-8-3-6-18-19/h2-10,15,21H,11-12H2,1H3/t15-/m1/s1. The molecule has 2 heterocycles. The first kappa shape index (κ1) is 14.9. The third-order valence-electron chi connectivity index (χ3n) is 3.25. The highest BCUT2D eigenvalue weighted by atomic mass is 32.2. The fourth-order valence-corrected chi connectivity index (χ4v) is 3.11. The maximum absolute atomic E-state index is 10.1. The van der Waals surface area contributed by atoms with Crippen molar-refractivity contribution < 1.29 is 5.11 Å². The van der Waals surface area contributed by atoms with Crippen LogP contribution in [0.15, 0.2) is 60.3 Å². The van der Waals surface area contributed by atoms with Crippen LogP contribution in [0.4, 0.5) is 0 Å². The average molecular weight is 314 g/mol. The van der Waals surface area contributed by atoms with Crippen molar-refractivity contribution in [1.29, 1.82) is 0 Å². The average Bonchev–Trinajstić information content (AvgIpc) is 3.16. The van der Waals surface area contributed by atoms with Crippen LogP contribution in [-0.4, -0.2) is 36.3 Å². The number of benzene rings is 1. The molecule has 0 aliphatic carbocycles. The Bertz CT molecular complexity index is 723. The van der Waals surface area contributed by atoms with E-state index in [-0.39, 0.29) is 0 Å². The minimum Gasteiger partial charge on any atom is -0.390 e. The van der Waals surface area contributed by atoms with Gasteiger partial charge in [-0.15, -0.1) is 0 Å². The van der Waals surface area contributed by atoms with E-state index in [0.717, 1.165) is 10.8 Å². The van der Waals surface area contributed by atoms with Crippen molar-refractivity contribution in [3.63, 3.8) is 0 Å². The molecule has 0 aliphatic rings. The lowest BCUT2D eigenvalue weighted by atomic mass is 10.2. The van der Waals surface area contributed by atoms with Gasteiger partial charge in [0.1, 0.15) is 0 Å². The fourth-order valence-electron chi connectivity index (χ4n) is 2.22. The number of aliphatic hydroxyl groups excluding tert-OH is 1. The summed E-state index contributed by atoms with van der Waals surface area (Å²) in [5, 5.41) is 15.1. The molecular weight excluding hydrogens is 296 g/mol. The Kier molecular flexibility index (Phi) is 4.60. The van der Waals surface area contributed by atoms with Crippen molar-refractivity contribution in [2.24, 2.45) is 0 Å². The van der Waals surface area contributed by atoms with Gasteiger partial charge < -0.3 is 5.11 Å². The molecule has 1 atom stereocenters. The van der Waals surface area contributed by atoms with Gasteiger partial charge in [0.15, 0.2) is 5.16 Å². The molecule has 6 heteroatoms. The van der Waals surface area contributed by atoms with Gasteiger partial charge in [0.05, 0.1) is 12.6 Å². The SMILES string of the molecule is Cc1cccc(-n2ccnc2SC[C@H](O)Cn2cccn2)c1. The molecule has 1 aromatic carbocycles. The highest BCUT2D eigenvalue weighted by molar-refractivity contribution is 7.99. The van der Waals surface area contributed by atoms with Gasteiger partial charge in [0.25, 0.3) is 0 Å². The summed E-state index contributed by atoms with van der Waals surface area (Å²) >= 11 is 1.55. The Hall–Kier alpha value is -2.05. The first-order valence-electron chi connectivity index (χ1n) is 7.11. The van der Waals surface area contributed by atoms with Crippen LogP contribution >= 0.6 is 11.8 Å². The minimum atomic E-state index is -0.465. The van der Waals surface area contributed by atoms with E-state index >= 15 is 0 Å². The lowest BCUT2D eigenvalue weighted by molar-refractivity contribution is 0.173. The van der Waals surface area contributed by atoms with Crippen molar-refractivity contribution in [3.05, 3.63) is 60.7 Å². The van der Waals surface area contributed by atoms with Crippen LogP contribution in [0.1, 0.15) is 5.56 Å². The van der Waals surface area contributed by atoms with E-state index in [0.29, 0.717) is 12.3 Å². The summed E-state index contributed by atoms with van der Waals surface area (Å²) in [6, 6.07) is 10.1. The number of aliphatic hydroxyl groups is 1. The monoisotopic (exact) mass is 314 g/mol. The number of aryl methyl sites for hydroxylation is 1. The number of hydrogen-bond acceptors (Lipinski definition) is 4. The summed E-state index contributed by atoms with van der Waals surface area (Å²) < 4.78 is 3.77. The molecule has 0 saturated carbocycles. The van der Waals surface area contributed by atoms with Gasteiger partial charge >= 0.3 is 0 Å². The number of imidazole rings is 1. The van der Waals surface area contributed by atoms with Gasteiger partial charge in [-0.05, 0) is 30.7 Å². The second kappa shape index (κ2) is 6.81. The smallest absolute Gasteiger partial charge is 0.172 e. The first-order valence-corrected chi connectivity index (χ1v) is 8.09. The Balaban J connectivity index is 1.65. The molecule has 0 unspecified atom stereocenters. The molecule has 0 fully saturated rings. The van der Waals surface area contributed by atoms with Crippen molar-refractivity contribution in [2.45, 2.75) is 24.7 Å². The summed E-state index contributed by atoms with van der Waals surface area (Å²) in [7, 11) is 0. The summed E-state index contributed by atoms with van der Waals surface area (Å²) in [6.07, 6.45) is 6.82. The topological polar surface area (TPSA) is 55.9 Å². The Labute approximate surface area is 133 Å². The second-order valence-electron chi connectivity index (χ2n) is 5.11. The van der Waals surface area contributed by atoms with Crippen LogP contribution < -0.4 is 0 Å². The van der Waals surface area contributed by atoms with E-state index in [1.54, 1.807) is 28.8 Å². The van der Waals surface area contributed by atoms with E-state index in [2.05, 4.69) is 35.2 Å².